The zero-order valence-corrected chi connectivity index (χ0v) is 15.1. The van der Waals surface area contributed by atoms with Crippen molar-refractivity contribution < 1.29 is 9.59 Å². The van der Waals surface area contributed by atoms with E-state index < -0.39 is 0 Å². The van der Waals surface area contributed by atoms with E-state index >= 15 is 0 Å². The third kappa shape index (κ3) is 3.41. The van der Waals surface area contributed by atoms with Crippen LogP contribution in [0.5, 0.6) is 0 Å². The van der Waals surface area contributed by atoms with Crippen LogP contribution in [0.4, 0.5) is 5.69 Å². The lowest BCUT2D eigenvalue weighted by Crippen LogP contribution is -2.45. The number of anilines is 1. The molecular weight excluding hydrogens is 288 g/mol. The molecule has 0 aromatic heterocycles. The molecule has 4 nitrogen and oxygen atoms in total. The number of hydrogen-bond donors (Lipinski definition) is 0. The highest BCUT2D eigenvalue weighted by Gasteiger charge is 2.38. The molecule has 23 heavy (non-hydrogen) atoms. The Hall–Kier alpha value is -1.84. The second-order valence-electron chi connectivity index (χ2n) is 7.06. The summed E-state index contributed by atoms with van der Waals surface area (Å²) in [7, 11) is 0. The van der Waals surface area contributed by atoms with Crippen LogP contribution in [0.3, 0.4) is 0 Å². The highest BCUT2D eigenvalue weighted by atomic mass is 16.2. The van der Waals surface area contributed by atoms with E-state index in [4.69, 9.17) is 0 Å². The number of hydrogen-bond acceptors (Lipinski definition) is 2. The maximum Gasteiger partial charge on any atom is 0.228 e. The minimum Gasteiger partial charge on any atom is -0.338 e. The maximum atomic E-state index is 12.8. The number of carbonyl (C=O) groups is 2. The van der Waals surface area contributed by atoms with Crippen molar-refractivity contribution in [2.45, 2.75) is 60.0 Å². The fraction of sp³-hybridized carbons (Fsp3) is 0.579. The van der Waals surface area contributed by atoms with Gasteiger partial charge in [0.1, 0.15) is 0 Å². The number of rotatable bonds is 4. The van der Waals surface area contributed by atoms with Gasteiger partial charge in [-0.1, -0.05) is 12.1 Å². The summed E-state index contributed by atoms with van der Waals surface area (Å²) < 4.78 is 0. The molecule has 126 valence electrons. The molecule has 1 aromatic carbocycles. The van der Waals surface area contributed by atoms with Crippen molar-refractivity contribution >= 4 is 17.5 Å². The van der Waals surface area contributed by atoms with Crippen LogP contribution in [0.1, 0.15) is 45.2 Å². The fourth-order valence-corrected chi connectivity index (χ4v) is 3.45. The number of nitrogens with zero attached hydrogens (tertiary/aromatic N) is 2. The van der Waals surface area contributed by atoms with E-state index in [2.05, 4.69) is 0 Å². The average molecular weight is 316 g/mol. The number of benzene rings is 1. The van der Waals surface area contributed by atoms with E-state index in [1.807, 2.05) is 64.6 Å². The highest BCUT2D eigenvalue weighted by molar-refractivity contribution is 6.01. The Kier molecular flexibility index (Phi) is 5.12. The van der Waals surface area contributed by atoms with Crippen molar-refractivity contribution in [3.63, 3.8) is 0 Å². The second kappa shape index (κ2) is 6.73. The third-order valence-electron chi connectivity index (χ3n) is 4.71. The van der Waals surface area contributed by atoms with Crippen molar-refractivity contribution in [2.75, 3.05) is 11.4 Å². The van der Waals surface area contributed by atoms with Gasteiger partial charge in [0, 0.05) is 30.7 Å². The Morgan fingerprint density at radius 3 is 2.35 bits per heavy atom. The molecule has 1 atom stereocenters. The van der Waals surface area contributed by atoms with Gasteiger partial charge in [-0.2, -0.15) is 0 Å². The minimum atomic E-state index is -0.243. The minimum absolute atomic E-state index is 0.0458. The van der Waals surface area contributed by atoms with Gasteiger partial charge in [-0.05, 0) is 58.7 Å². The summed E-state index contributed by atoms with van der Waals surface area (Å²) in [6.45, 7) is 12.7. The summed E-state index contributed by atoms with van der Waals surface area (Å²) in [6.07, 6.45) is 0.308. The Balaban J connectivity index is 2.23. The molecule has 0 spiro atoms. The quantitative estimate of drug-likeness (QED) is 0.855. The summed E-state index contributed by atoms with van der Waals surface area (Å²) in [5, 5.41) is 0. The van der Waals surface area contributed by atoms with Crippen LogP contribution in [0.25, 0.3) is 0 Å². The maximum absolute atomic E-state index is 12.8. The summed E-state index contributed by atoms with van der Waals surface area (Å²) in [5.41, 5.74) is 3.21. The molecule has 1 saturated heterocycles. The molecule has 1 fully saturated rings. The molecule has 1 heterocycles. The van der Waals surface area contributed by atoms with Gasteiger partial charge in [0.05, 0.1) is 5.92 Å². The molecule has 0 saturated carbocycles. The molecule has 1 aliphatic rings. The van der Waals surface area contributed by atoms with E-state index in [0.29, 0.717) is 13.0 Å². The van der Waals surface area contributed by atoms with Crippen molar-refractivity contribution in [3.8, 4) is 0 Å². The molecule has 2 amide bonds. The predicted octanol–water partition coefficient (Wildman–Crippen LogP) is 3.30. The van der Waals surface area contributed by atoms with E-state index in [9.17, 15) is 9.59 Å². The highest BCUT2D eigenvalue weighted by Crippen LogP contribution is 2.30. The summed E-state index contributed by atoms with van der Waals surface area (Å²) in [4.78, 5) is 29.0. The Morgan fingerprint density at radius 2 is 1.78 bits per heavy atom. The van der Waals surface area contributed by atoms with Crippen molar-refractivity contribution in [2.24, 2.45) is 5.92 Å². The van der Waals surface area contributed by atoms with E-state index in [1.54, 1.807) is 4.90 Å². The van der Waals surface area contributed by atoms with E-state index in [1.165, 1.54) is 0 Å². The molecule has 0 radical (unpaired) electrons. The van der Waals surface area contributed by atoms with Gasteiger partial charge in [0.15, 0.2) is 0 Å². The lowest BCUT2D eigenvalue weighted by molar-refractivity contribution is -0.139. The third-order valence-corrected chi connectivity index (χ3v) is 4.71. The van der Waals surface area contributed by atoms with Crippen LogP contribution in [0, 0.1) is 19.8 Å². The van der Waals surface area contributed by atoms with E-state index in [0.717, 1.165) is 16.8 Å². The molecule has 0 bridgehead atoms. The van der Waals surface area contributed by atoms with Gasteiger partial charge in [0.25, 0.3) is 0 Å². The van der Waals surface area contributed by atoms with Crippen molar-refractivity contribution in [1.29, 1.82) is 0 Å². The Labute approximate surface area is 139 Å². The first-order valence-corrected chi connectivity index (χ1v) is 8.42. The van der Waals surface area contributed by atoms with Gasteiger partial charge in [0.2, 0.25) is 11.8 Å². The van der Waals surface area contributed by atoms with Gasteiger partial charge < -0.3 is 9.80 Å². The van der Waals surface area contributed by atoms with Crippen LogP contribution in [0.2, 0.25) is 0 Å². The zero-order valence-electron chi connectivity index (χ0n) is 15.1. The van der Waals surface area contributed by atoms with Crippen molar-refractivity contribution in [1.82, 2.24) is 4.90 Å². The average Bonchev–Trinajstić information content (AvgIpc) is 2.83. The van der Waals surface area contributed by atoms with E-state index in [-0.39, 0.29) is 29.8 Å². The van der Waals surface area contributed by atoms with Gasteiger partial charge >= 0.3 is 0 Å². The molecule has 0 aliphatic carbocycles. The summed E-state index contributed by atoms with van der Waals surface area (Å²) >= 11 is 0. The van der Waals surface area contributed by atoms with Crippen LogP contribution in [-0.4, -0.2) is 35.3 Å². The molecule has 2 rings (SSSR count). The topological polar surface area (TPSA) is 40.6 Å². The summed E-state index contributed by atoms with van der Waals surface area (Å²) in [5.74, 6) is -0.104. The Bertz CT molecular complexity index is 599. The SMILES string of the molecule is Cc1cccc(N2CC(C(=O)N(C(C)C)C(C)C)CC2=O)c1C. The molecule has 0 N–H and O–H groups in total. The first-order chi connectivity index (χ1) is 10.7. The molecular formula is C19H28N2O2. The fourth-order valence-electron chi connectivity index (χ4n) is 3.45. The van der Waals surface area contributed by atoms with Gasteiger partial charge in [-0.25, -0.2) is 0 Å². The molecule has 1 aliphatic heterocycles. The first kappa shape index (κ1) is 17.5. The standard InChI is InChI=1S/C19H28N2O2/c1-12(2)21(13(3)4)19(23)16-10-18(22)20(11-16)17-9-7-8-14(5)15(17)6/h7-9,12-13,16H,10-11H2,1-6H3. The normalized spacial score (nSPS) is 18.2. The number of amides is 2. The largest absolute Gasteiger partial charge is 0.338 e. The number of aryl methyl sites for hydroxylation is 1. The predicted molar refractivity (Wildman–Crippen MR) is 93.5 cm³/mol. The smallest absolute Gasteiger partial charge is 0.228 e. The van der Waals surface area contributed by atoms with Crippen LogP contribution in [0.15, 0.2) is 18.2 Å². The van der Waals surface area contributed by atoms with Crippen LogP contribution in [-0.2, 0) is 9.59 Å². The number of carbonyl (C=O) groups excluding carboxylic acids is 2. The van der Waals surface area contributed by atoms with Crippen LogP contribution < -0.4 is 4.90 Å². The molecule has 1 unspecified atom stereocenters. The lowest BCUT2D eigenvalue weighted by Gasteiger charge is -2.33. The monoisotopic (exact) mass is 316 g/mol. The lowest BCUT2D eigenvalue weighted by atomic mass is 10.0. The molecule has 4 heteroatoms. The summed E-state index contributed by atoms with van der Waals surface area (Å²) in [6, 6.07) is 6.27. The second-order valence-corrected chi connectivity index (χ2v) is 7.06. The van der Waals surface area contributed by atoms with Crippen LogP contribution >= 0.6 is 0 Å². The van der Waals surface area contributed by atoms with Gasteiger partial charge in [-0.3, -0.25) is 9.59 Å². The zero-order chi connectivity index (χ0) is 17.3. The molecule has 1 aromatic rings. The van der Waals surface area contributed by atoms with Crippen molar-refractivity contribution in [3.05, 3.63) is 29.3 Å². The first-order valence-electron chi connectivity index (χ1n) is 8.42. The van der Waals surface area contributed by atoms with Gasteiger partial charge in [-0.15, -0.1) is 0 Å². The Morgan fingerprint density at radius 1 is 1.17 bits per heavy atom.